The highest BCUT2D eigenvalue weighted by molar-refractivity contribution is 6.30. The van der Waals surface area contributed by atoms with Gasteiger partial charge in [-0.25, -0.2) is 4.98 Å². The fourth-order valence-corrected chi connectivity index (χ4v) is 6.44. The first-order chi connectivity index (χ1) is 20.4. The highest BCUT2D eigenvalue weighted by Crippen LogP contribution is 2.38. The fourth-order valence-electron chi connectivity index (χ4n) is 6.32. The molecule has 0 radical (unpaired) electrons. The molecule has 6 rings (SSSR count). The lowest BCUT2D eigenvalue weighted by Crippen LogP contribution is -2.48. The van der Waals surface area contributed by atoms with Crippen LogP contribution < -0.4 is 15.4 Å². The van der Waals surface area contributed by atoms with E-state index in [1.54, 1.807) is 0 Å². The molecule has 0 spiro atoms. The Balaban J connectivity index is 1.05. The van der Waals surface area contributed by atoms with Gasteiger partial charge in [-0.15, -0.1) is 0 Å². The van der Waals surface area contributed by atoms with Gasteiger partial charge in [-0.2, -0.15) is 4.98 Å². The molecular formula is C32H38ClN5O4. The number of carboxylic acids is 1. The van der Waals surface area contributed by atoms with Crippen LogP contribution in [0.5, 0.6) is 5.75 Å². The van der Waals surface area contributed by atoms with Gasteiger partial charge in [0.25, 0.3) is 0 Å². The number of aryl methyl sites for hydroxylation is 1. The number of nitrogens with zero attached hydrogens (tertiary/aromatic N) is 4. The number of aromatic nitrogens is 2. The quantitative estimate of drug-likeness (QED) is 0.361. The minimum absolute atomic E-state index is 0.186. The van der Waals surface area contributed by atoms with E-state index < -0.39 is 5.97 Å². The summed E-state index contributed by atoms with van der Waals surface area (Å²) >= 11 is 6.00. The Morgan fingerprint density at radius 1 is 1.00 bits per heavy atom. The predicted molar refractivity (Wildman–Crippen MR) is 163 cm³/mol. The van der Waals surface area contributed by atoms with Crippen molar-refractivity contribution < 1.29 is 19.4 Å². The molecule has 222 valence electrons. The summed E-state index contributed by atoms with van der Waals surface area (Å²) in [6.07, 6.45) is 5.05. The van der Waals surface area contributed by atoms with Gasteiger partial charge in [-0.3, -0.25) is 9.69 Å². The summed E-state index contributed by atoms with van der Waals surface area (Å²) in [5, 5.41) is 9.91. The van der Waals surface area contributed by atoms with E-state index in [0.29, 0.717) is 24.2 Å². The van der Waals surface area contributed by atoms with Crippen molar-refractivity contribution in [3.8, 4) is 17.0 Å². The van der Waals surface area contributed by atoms with E-state index in [2.05, 4.69) is 26.9 Å². The number of ether oxygens (including phenoxy) is 2. The van der Waals surface area contributed by atoms with Gasteiger partial charge in [-0.1, -0.05) is 23.7 Å². The molecule has 3 aliphatic rings. The first kappa shape index (κ1) is 28.7. The van der Waals surface area contributed by atoms with Crippen LogP contribution in [0.3, 0.4) is 0 Å². The number of hydrogen-bond donors (Lipinski definition) is 2. The van der Waals surface area contributed by atoms with Crippen molar-refractivity contribution in [2.75, 3.05) is 50.0 Å². The maximum Gasteiger partial charge on any atom is 0.306 e. The largest absolute Gasteiger partial charge is 0.489 e. The van der Waals surface area contributed by atoms with Crippen LogP contribution in [0.1, 0.15) is 42.4 Å². The Kier molecular flexibility index (Phi) is 8.79. The van der Waals surface area contributed by atoms with E-state index in [0.717, 1.165) is 99.6 Å². The molecule has 1 aliphatic heterocycles. The Bertz CT molecular complexity index is 1400. The van der Waals surface area contributed by atoms with E-state index in [9.17, 15) is 9.90 Å². The minimum Gasteiger partial charge on any atom is -0.489 e. The molecule has 2 aromatic carbocycles. The van der Waals surface area contributed by atoms with Gasteiger partial charge in [0.1, 0.15) is 18.2 Å². The van der Waals surface area contributed by atoms with Crippen molar-refractivity contribution in [3.63, 3.8) is 0 Å². The fraction of sp³-hybridized carbons (Fsp3) is 0.469. The number of fused-ring (bicyclic) bond motifs is 3. The van der Waals surface area contributed by atoms with E-state index in [1.807, 2.05) is 30.3 Å². The highest BCUT2D eigenvalue weighted by Gasteiger charge is 2.28. The van der Waals surface area contributed by atoms with Gasteiger partial charge >= 0.3 is 5.97 Å². The summed E-state index contributed by atoms with van der Waals surface area (Å²) in [5.41, 5.74) is 11.7. The number of anilines is 2. The zero-order chi connectivity index (χ0) is 29.1. The lowest BCUT2D eigenvalue weighted by molar-refractivity contribution is -0.143. The Labute approximate surface area is 251 Å². The molecule has 3 N–H and O–H groups in total. The molecule has 0 bridgehead atoms. The second-order valence-electron chi connectivity index (χ2n) is 11.5. The van der Waals surface area contributed by atoms with Crippen LogP contribution >= 0.6 is 11.6 Å². The summed E-state index contributed by atoms with van der Waals surface area (Å²) in [6.45, 7) is 5.65. The summed E-state index contributed by atoms with van der Waals surface area (Å²) in [5.74, 6) is 1.21. The van der Waals surface area contributed by atoms with E-state index in [1.165, 1.54) is 11.1 Å². The van der Waals surface area contributed by atoms with Crippen LogP contribution in [-0.2, 0) is 29.0 Å². The first-order valence-electron chi connectivity index (χ1n) is 14.9. The Morgan fingerprint density at radius 2 is 1.76 bits per heavy atom. The zero-order valence-corrected chi connectivity index (χ0v) is 24.6. The molecule has 9 nitrogen and oxygen atoms in total. The van der Waals surface area contributed by atoms with Gasteiger partial charge in [0, 0.05) is 48.9 Å². The lowest BCUT2D eigenvalue weighted by atomic mass is 9.87. The van der Waals surface area contributed by atoms with Gasteiger partial charge < -0.3 is 25.2 Å². The third kappa shape index (κ3) is 6.64. The topological polar surface area (TPSA) is 114 Å². The normalized spacial score (nSPS) is 20.5. The molecular weight excluding hydrogens is 554 g/mol. The lowest BCUT2D eigenvalue weighted by Gasteiger charge is -2.37. The van der Waals surface area contributed by atoms with E-state index in [-0.39, 0.29) is 12.0 Å². The maximum absolute atomic E-state index is 11.2. The van der Waals surface area contributed by atoms with Crippen molar-refractivity contribution in [2.24, 2.45) is 5.92 Å². The number of carboxylic acid groups (broad SMARTS) is 1. The molecule has 0 unspecified atom stereocenters. The number of aliphatic carboxylic acids is 1. The van der Waals surface area contributed by atoms with Crippen LogP contribution in [0.2, 0.25) is 5.02 Å². The summed E-state index contributed by atoms with van der Waals surface area (Å²) < 4.78 is 12.2. The summed E-state index contributed by atoms with van der Waals surface area (Å²) in [7, 11) is 0. The third-order valence-corrected chi connectivity index (χ3v) is 9.01. The molecule has 0 amide bonds. The molecule has 1 saturated carbocycles. The molecule has 0 atom stereocenters. The predicted octanol–water partition coefficient (Wildman–Crippen LogP) is 4.84. The van der Waals surface area contributed by atoms with E-state index in [4.69, 9.17) is 31.8 Å². The van der Waals surface area contributed by atoms with E-state index >= 15 is 0 Å². The molecule has 2 fully saturated rings. The molecule has 2 aliphatic carbocycles. The van der Waals surface area contributed by atoms with Crippen LogP contribution in [0.4, 0.5) is 11.8 Å². The molecule has 1 saturated heterocycles. The van der Waals surface area contributed by atoms with Gasteiger partial charge in [0.05, 0.1) is 24.3 Å². The SMILES string of the molecule is Nc1nc2c(c(N3CCN(CCOC4CCC(C(=O)O)CC4)CC3)n1)CCc1cc(OCc3ccc(Cl)cc3)ccc1-2. The smallest absolute Gasteiger partial charge is 0.306 e. The average molecular weight is 592 g/mol. The third-order valence-electron chi connectivity index (χ3n) is 8.75. The second-order valence-corrected chi connectivity index (χ2v) is 11.9. The van der Waals surface area contributed by atoms with Crippen LogP contribution in [0, 0.1) is 5.92 Å². The monoisotopic (exact) mass is 591 g/mol. The van der Waals surface area contributed by atoms with Crippen molar-refractivity contribution in [1.29, 1.82) is 0 Å². The van der Waals surface area contributed by atoms with Crippen LogP contribution in [0.15, 0.2) is 42.5 Å². The van der Waals surface area contributed by atoms with Crippen molar-refractivity contribution >= 4 is 29.3 Å². The number of rotatable bonds is 9. The number of piperazine rings is 1. The van der Waals surface area contributed by atoms with Gasteiger partial charge in [-0.05, 0) is 80.0 Å². The zero-order valence-electron chi connectivity index (χ0n) is 23.8. The molecule has 2 heterocycles. The summed E-state index contributed by atoms with van der Waals surface area (Å²) in [6, 6.07) is 13.9. The number of hydrogen-bond acceptors (Lipinski definition) is 8. The number of nitrogens with two attached hydrogens (primary N) is 1. The number of carbonyl (C=O) groups is 1. The number of nitrogen functional groups attached to an aromatic ring is 1. The van der Waals surface area contributed by atoms with Gasteiger partial charge in [0.2, 0.25) is 5.95 Å². The number of halogens is 1. The van der Waals surface area contributed by atoms with Crippen molar-refractivity contribution in [2.45, 2.75) is 51.2 Å². The average Bonchev–Trinajstić information content (AvgIpc) is 3.01. The minimum atomic E-state index is -0.674. The summed E-state index contributed by atoms with van der Waals surface area (Å²) in [4.78, 5) is 25.3. The maximum atomic E-state index is 11.2. The van der Waals surface area contributed by atoms with Gasteiger partial charge in [0.15, 0.2) is 0 Å². The molecule has 42 heavy (non-hydrogen) atoms. The first-order valence-corrected chi connectivity index (χ1v) is 15.3. The van der Waals surface area contributed by atoms with Crippen molar-refractivity contribution in [3.05, 3.63) is 64.2 Å². The second kappa shape index (κ2) is 12.9. The highest BCUT2D eigenvalue weighted by atomic mass is 35.5. The van der Waals surface area contributed by atoms with Crippen molar-refractivity contribution in [1.82, 2.24) is 14.9 Å². The Hall–Kier alpha value is -3.40. The van der Waals surface area contributed by atoms with Crippen LogP contribution in [0.25, 0.3) is 11.3 Å². The Morgan fingerprint density at radius 3 is 2.50 bits per heavy atom. The molecule has 1 aromatic heterocycles. The standard InChI is InChI=1S/C32H38ClN5O4/c33-24-6-1-21(2-7-24)20-42-26-10-12-27-23(19-26)5-11-28-29(27)35-32(34)36-30(28)38-15-13-37(14-16-38)17-18-41-25-8-3-22(4-9-25)31(39)40/h1-2,6-7,10,12,19,22,25H,3-5,8-9,11,13-18,20H2,(H,39,40)(H2,34,35,36). The molecule has 3 aromatic rings. The number of benzene rings is 2. The van der Waals surface area contributed by atoms with Crippen LogP contribution in [-0.4, -0.2) is 71.4 Å². The molecule has 10 heteroatoms.